The largest absolute Gasteiger partial charge is 0.493 e. The number of methoxy groups -OCH3 is 1. The monoisotopic (exact) mass is 243 g/mol. The lowest BCUT2D eigenvalue weighted by Gasteiger charge is -2.28. The van der Waals surface area contributed by atoms with Gasteiger partial charge < -0.3 is 14.8 Å². The van der Waals surface area contributed by atoms with Crippen LogP contribution in [0, 0.1) is 0 Å². The summed E-state index contributed by atoms with van der Waals surface area (Å²) in [5, 5.41) is 3.37. The third-order valence-corrected chi connectivity index (χ3v) is 2.71. The molecule has 0 aromatic heterocycles. The van der Waals surface area contributed by atoms with Crippen molar-refractivity contribution in [3.8, 4) is 11.5 Å². The third-order valence-electron chi connectivity index (χ3n) is 2.71. The fourth-order valence-electron chi connectivity index (χ4n) is 1.75. The first-order valence-corrected chi connectivity index (χ1v) is 5.39. The van der Waals surface area contributed by atoms with Gasteiger partial charge in [-0.05, 0) is 37.6 Å². The first-order valence-electron chi connectivity index (χ1n) is 5.39. The minimum absolute atomic E-state index is 0. The molecule has 0 saturated carbocycles. The quantitative estimate of drug-likeness (QED) is 0.882. The van der Waals surface area contributed by atoms with Crippen LogP contribution in [0.5, 0.6) is 11.5 Å². The van der Waals surface area contributed by atoms with E-state index >= 15 is 0 Å². The Hall–Kier alpha value is -0.930. The van der Waals surface area contributed by atoms with E-state index in [-0.39, 0.29) is 12.4 Å². The van der Waals surface area contributed by atoms with Crippen LogP contribution in [-0.4, -0.2) is 20.3 Å². The van der Waals surface area contributed by atoms with Crippen LogP contribution in [0.4, 0.5) is 0 Å². The Kier molecular flexibility index (Phi) is 4.90. The van der Waals surface area contributed by atoms with E-state index in [0.717, 1.165) is 18.0 Å². The van der Waals surface area contributed by atoms with Gasteiger partial charge in [0.25, 0.3) is 0 Å². The molecule has 1 aliphatic heterocycles. The molecule has 0 spiro atoms. The maximum atomic E-state index is 5.47. The third kappa shape index (κ3) is 2.60. The van der Waals surface area contributed by atoms with Crippen LogP contribution < -0.4 is 14.8 Å². The molecule has 1 saturated heterocycles. The second-order valence-electron chi connectivity index (χ2n) is 3.64. The van der Waals surface area contributed by atoms with Crippen LogP contribution >= 0.6 is 12.4 Å². The average molecular weight is 244 g/mol. The highest BCUT2D eigenvalue weighted by atomic mass is 35.5. The Balaban J connectivity index is 0.00000128. The molecule has 4 heteroatoms. The molecule has 0 bridgehead atoms. The van der Waals surface area contributed by atoms with Crippen molar-refractivity contribution < 1.29 is 9.47 Å². The van der Waals surface area contributed by atoms with Gasteiger partial charge in [0.15, 0.2) is 11.5 Å². The molecule has 1 aromatic carbocycles. The molecule has 90 valence electrons. The normalized spacial score (nSPS) is 18.2. The summed E-state index contributed by atoms with van der Waals surface area (Å²) < 4.78 is 10.8. The summed E-state index contributed by atoms with van der Waals surface area (Å²) in [4.78, 5) is 0. The number of ether oxygens (including phenoxy) is 2. The number of nitrogens with one attached hydrogen (secondary N) is 1. The van der Waals surface area contributed by atoms with E-state index < -0.39 is 0 Å². The Morgan fingerprint density at radius 3 is 2.62 bits per heavy atom. The van der Waals surface area contributed by atoms with E-state index in [2.05, 4.69) is 17.4 Å². The highest BCUT2D eigenvalue weighted by Gasteiger charge is 2.19. The van der Waals surface area contributed by atoms with Gasteiger partial charge in [0, 0.05) is 6.04 Å². The van der Waals surface area contributed by atoms with Gasteiger partial charge in [0.05, 0.1) is 13.7 Å². The lowest BCUT2D eigenvalue weighted by molar-refractivity contribution is 0.309. The number of benzene rings is 1. The van der Waals surface area contributed by atoms with Crippen LogP contribution in [0.1, 0.15) is 24.9 Å². The molecular formula is C12H18ClNO2. The van der Waals surface area contributed by atoms with E-state index in [1.54, 1.807) is 7.11 Å². The van der Waals surface area contributed by atoms with Crippen molar-refractivity contribution in [1.82, 2.24) is 5.32 Å². The molecule has 1 atom stereocenters. The molecule has 2 rings (SSSR count). The van der Waals surface area contributed by atoms with Crippen LogP contribution in [0.3, 0.4) is 0 Å². The Labute approximate surface area is 103 Å². The van der Waals surface area contributed by atoms with Gasteiger partial charge in [-0.3, -0.25) is 0 Å². The molecule has 1 N–H and O–H groups in total. The molecule has 1 fully saturated rings. The zero-order chi connectivity index (χ0) is 10.7. The zero-order valence-corrected chi connectivity index (χ0v) is 10.5. The number of halogens is 1. The molecule has 16 heavy (non-hydrogen) atoms. The standard InChI is InChI=1S/C12H17NO2.ClH/c1-3-15-11-5-4-9(8-12(11)14-2)10-6-7-13-10;/h4-5,8,10,13H,3,6-7H2,1-2H3;1H/t10-;/m0./s1. The fourth-order valence-corrected chi connectivity index (χ4v) is 1.75. The second-order valence-corrected chi connectivity index (χ2v) is 3.64. The van der Waals surface area contributed by atoms with Crippen molar-refractivity contribution in [2.45, 2.75) is 19.4 Å². The molecule has 0 radical (unpaired) electrons. The minimum atomic E-state index is 0. The lowest BCUT2D eigenvalue weighted by Crippen LogP contribution is -2.34. The van der Waals surface area contributed by atoms with Gasteiger partial charge in [-0.25, -0.2) is 0 Å². The van der Waals surface area contributed by atoms with Crippen LogP contribution in [0.15, 0.2) is 18.2 Å². The molecule has 0 amide bonds. The van der Waals surface area contributed by atoms with Crippen molar-refractivity contribution in [2.24, 2.45) is 0 Å². The first kappa shape index (κ1) is 13.1. The lowest BCUT2D eigenvalue weighted by atomic mass is 9.98. The van der Waals surface area contributed by atoms with Crippen molar-refractivity contribution in [3.63, 3.8) is 0 Å². The summed E-state index contributed by atoms with van der Waals surface area (Å²) in [5.41, 5.74) is 1.28. The van der Waals surface area contributed by atoms with Gasteiger partial charge in [0.2, 0.25) is 0 Å². The summed E-state index contributed by atoms with van der Waals surface area (Å²) in [7, 11) is 1.68. The van der Waals surface area contributed by atoms with Crippen LogP contribution in [-0.2, 0) is 0 Å². The topological polar surface area (TPSA) is 30.5 Å². The average Bonchev–Trinajstić information content (AvgIpc) is 2.18. The molecule has 1 aromatic rings. The number of rotatable bonds is 4. The maximum absolute atomic E-state index is 5.47. The van der Waals surface area contributed by atoms with Crippen molar-refractivity contribution in [2.75, 3.05) is 20.3 Å². The summed E-state index contributed by atoms with van der Waals surface area (Å²) >= 11 is 0. The van der Waals surface area contributed by atoms with Gasteiger partial charge >= 0.3 is 0 Å². The molecular weight excluding hydrogens is 226 g/mol. The van der Waals surface area contributed by atoms with E-state index in [1.807, 2.05) is 13.0 Å². The molecule has 0 unspecified atom stereocenters. The van der Waals surface area contributed by atoms with E-state index in [9.17, 15) is 0 Å². The van der Waals surface area contributed by atoms with Crippen LogP contribution in [0.25, 0.3) is 0 Å². The van der Waals surface area contributed by atoms with Gasteiger partial charge in [-0.15, -0.1) is 12.4 Å². The zero-order valence-electron chi connectivity index (χ0n) is 9.66. The molecule has 1 aliphatic rings. The first-order chi connectivity index (χ1) is 7.35. The summed E-state index contributed by atoms with van der Waals surface area (Å²) in [5.74, 6) is 1.64. The van der Waals surface area contributed by atoms with Crippen molar-refractivity contribution in [3.05, 3.63) is 23.8 Å². The van der Waals surface area contributed by atoms with E-state index in [0.29, 0.717) is 12.6 Å². The molecule has 3 nitrogen and oxygen atoms in total. The highest BCUT2D eigenvalue weighted by molar-refractivity contribution is 5.85. The van der Waals surface area contributed by atoms with Gasteiger partial charge in [-0.1, -0.05) is 6.07 Å². The number of hydrogen-bond acceptors (Lipinski definition) is 3. The van der Waals surface area contributed by atoms with E-state index in [1.165, 1.54) is 12.0 Å². The highest BCUT2D eigenvalue weighted by Crippen LogP contribution is 2.32. The number of hydrogen-bond donors (Lipinski definition) is 1. The predicted molar refractivity (Wildman–Crippen MR) is 66.8 cm³/mol. The SMILES string of the molecule is CCOc1ccc([C@@H]2CCN2)cc1OC.Cl. The van der Waals surface area contributed by atoms with Gasteiger partial charge in [0.1, 0.15) is 0 Å². The Morgan fingerprint density at radius 1 is 1.38 bits per heavy atom. The minimum Gasteiger partial charge on any atom is -0.493 e. The van der Waals surface area contributed by atoms with E-state index in [4.69, 9.17) is 9.47 Å². The summed E-state index contributed by atoms with van der Waals surface area (Å²) in [6.07, 6.45) is 1.21. The molecule has 0 aliphatic carbocycles. The second kappa shape index (κ2) is 5.97. The predicted octanol–water partition coefficient (Wildman–Crippen LogP) is 2.55. The molecule has 1 heterocycles. The smallest absolute Gasteiger partial charge is 0.161 e. The Bertz CT molecular complexity index is 340. The van der Waals surface area contributed by atoms with Crippen molar-refractivity contribution in [1.29, 1.82) is 0 Å². The van der Waals surface area contributed by atoms with Crippen LogP contribution in [0.2, 0.25) is 0 Å². The summed E-state index contributed by atoms with van der Waals surface area (Å²) in [6.45, 7) is 3.75. The van der Waals surface area contributed by atoms with Crippen molar-refractivity contribution >= 4 is 12.4 Å². The summed E-state index contributed by atoms with van der Waals surface area (Å²) in [6, 6.07) is 6.64. The Morgan fingerprint density at radius 2 is 2.12 bits per heavy atom. The fraction of sp³-hybridized carbons (Fsp3) is 0.500. The maximum Gasteiger partial charge on any atom is 0.161 e. The van der Waals surface area contributed by atoms with Gasteiger partial charge in [-0.2, -0.15) is 0 Å².